The molecule has 0 amide bonds. The highest BCUT2D eigenvalue weighted by Gasteiger charge is 2.23. The molecule has 2 atom stereocenters. The molecule has 112 valence electrons. The van der Waals surface area contributed by atoms with Gasteiger partial charge in [-0.05, 0) is 31.2 Å². The first-order valence-corrected chi connectivity index (χ1v) is 6.73. The highest BCUT2D eigenvalue weighted by atomic mass is 16.5. The Morgan fingerprint density at radius 1 is 1.35 bits per heavy atom. The van der Waals surface area contributed by atoms with Crippen LogP contribution >= 0.6 is 0 Å². The summed E-state index contributed by atoms with van der Waals surface area (Å²) in [5.41, 5.74) is 0.805. The number of benzene rings is 1. The molecule has 5 nitrogen and oxygen atoms in total. The number of carboxylic acids is 1. The van der Waals surface area contributed by atoms with Gasteiger partial charge in [0.05, 0.1) is 19.6 Å². The Labute approximate surface area is 119 Å². The zero-order chi connectivity index (χ0) is 15.1. The maximum absolute atomic E-state index is 10.6. The van der Waals surface area contributed by atoms with E-state index in [1.54, 1.807) is 7.11 Å². The molecule has 1 rings (SSSR count). The van der Waals surface area contributed by atoms with Crippen molar-refractivity contribution in [3.05, 3.63) is 29.8 Å². The van der Waals surface area contributed by atoms with Crippen molar-refractivity contribution >= 4 is 5.97 Å². The number of aliphatic hydroxyl groups excluding tert-OH is 1. The van der Waals surface area contributed by atoms with Crippen molar-refractivity contribution in [1.82, 2.24) is 4.90 Å². The van der Waals surface area contributed by atoms with E-state index >= 15 is 0 Å². The molecule has 20 heavy (non-hydrogen) atoms. The molecule has 0 bridgehead atoms. The fraction of sp³-hybridized carbons (Fsp3) is 0.533. The van der Waals surface area contributed by atoms with Crippen molar-refractivity contribution in [2.45, 2.75) is 31.9 Å². The lowest BCUT2D eigenvalue weighted by Gasteiger charge is -2.31. The van der Waals surface area contributed by atoms with Crippen LogP contribution in [0.1, 0.15) is 31.4 Å². The van der Waals surface area contributed by atoms with E-state index in [0.717, 1.165) is 17.7 Å². The number of aliphatic hydroxyl groups is 1. The Kier molecular flexibility index (Phi) is 6.48. The first-order valence-electron chi connectivity index (χ1n) is 6.73. The topological polar surface area (TPSA) is 70.0 Å². The molecule has 2 N–H and O–H groups in total. The number of rotatable bonds is 8. The Morgan fingerprint density at radius 3 is 2.40 bits per heavy atom. The number of nitrogens with zero attached hydrogens (tertiary/aromatic N) is 1. The second-order valence-electron chi connectivity index (χ2n) is 4.82. The normalized spacial score (nSPS) is 14.1. The van der Waals surface area contributed by atoms with Crippen molar-refractivity contribution in [3.63, 3.8) is 0 Å². The summed E-state index contributed by atoms with van der Waals surface area (Å²) >= 11 is 0. The molecule has 0 aromatic heterocycles. The Morgan fingerprint density at radius 2 is 1.95 bits per heavy atom. The fourth-order valence-electron chi connectivity index (χ4n) is 2.24. The Bertz CT molecular complexity index is 418. The minimum Gasteiger partial charge on any atom is -0.497 e. The summed E-state index contributed by atoms with van der Waals surface area (Å²) in [4.78, 5) is 12.5. The van der Waals surface area contributed by atoms with Gasteiger partial charge in [0, 0.05) is 12.6 Å². The molecule has 5 heteroatoms. The predicted octanol–water partition coefficient (Wildman–Crippen LogP) is 1.91. The van der Waals surface area contributed by atoms with Gasteiger partial charge in [-0.15, -0.1) is 0 Å². The average Bonchev–Trinajstić information content (AvgIpc) is 2.45. The van der Waals surface area contributed by atoms with Crippen LogP contribution in [0.4, 0.5) is 0 Å². The van der Waals surface area contributed by atoms with E-state index in [4.69, 9.17) is 9.84 Å². The van der Waals surface area contributed by atoms with Crippen molar-refractivity contribution in [3.8, 4) is 5.75 Å². The lowest BCUT2D eigenvalue weighted by Crippen LogP contribution is -2.37. The van der Waals surface area contributed by atoms with Gasteiger partial charge in [-0.1, -0.05) is 19.1 Å². The van der Waals surface area contributed by atoms with Crippen molar-refractivity contribution < 1.29 is 19.7 Å². The second kappa shape index (κ2) is 7.87. The molecule has 2 unspecified atom stereocenters. The number of methoxy groups -OCH3 is 1. The quantitative estimate of drug-likeness (QED) is 0.761. The largest absolute Gasteiger partial charge is 0.497 e. The van der Waals surface area contributed by atoms with Crippen molar-refractivity contribution in [2.24, 2.45) is 0 Å². The third-order valence-corrected chi connectivity index (χ3v) is 3.48. The van der Waals surface area contributed by atoms with Gasteiger partial charge in [-0.3, -0.25) is 9.69 Å². The van der Waals surface area contributed by atoms with Crippen LogP contribution in [-0.4, -0.2) is 47.8 Å². The van der Waals surface area contributed by atoms with Gasteiger partial charge in [-0.2, -0.15) is 0 Å². The lowest BCUT2D eigenvalue weighted by atomic mass is 9.99. The predicted molar refractivity (Wildman–Crippen MR) is 76.9 cm³/mol. The maximum atomic E-state index is 10.6. The van der Waals surface area contributed by atoms with Crippen molar-refractivity contribution in [1.29, 1.82) is 0 Å². The molecule has 1 aromatic rings. The van der Waals surface area contributed by atoms with E-state index in [1.165, 1.54) is 0 Å². The molecule has 0 radical (unpaired) electrons. The fourth-order valence-corrected chi connectivity index (χ4v) is 2.24. The number of carboxylic acid groups (broad SMARTS) is 1. The zero-order valence-corrected chi connectivity index (χ0v) is 12.2. The maximum Gasteiger partial charge on any atom is 0.304 e. The number of aliphatic carboxylic acids is 1. The smallest absolute Gasteiger partial charge is 0.304 e. The molecule has 0 heterocycles. The van der Waals surface area contributed by atoms with Crippen LogP contribution in [0.5, 0.6) is 5.75 Å². The highest BCUT2D eigenvalue weighted by molar-refractivity contribution is 5.66. The minimum absolute atomic E-state index is 0.0718. The van der Waals surface area contributed by atoms with E-state index in [-0.39, 0.29) is 12.5 Å². The van der Waals surface area contributed by atoms with Crippen LogP contribution in [-0.2, 0) is 4.79 Å². The first-order chi connectivity index (χ1) is 9.49. The standard InChI is InChI=1S/C15H23NO4/c1-4-13(16(2)10-9-14(17)18)15(19)11-5-7-12(20-3)8-6-11/h5-8,13,15,19H,4,9-10H2,1-3H3,(H,17,18). The molecule has 0 aliphatic rings. The molecule has 1 aromatic carbocycles. The minimum atomic E-state index is -0.828. The summed E-state index contributed by atoms with van der Waals surface area (Å²) in [6.07, 6.45) is 0.163. The van der Waals surface area contributed by atoms with Gasteiger partial charge < -0.3 is 14.9 Å². The van der Waals surface area contributed by atoms with Crippen LogP contribution in [0.25, 0.3) is 0 Å². The number of carbonyl (C=O) groups is 1. The molecule has 0 aliphatic carbocycles. The summed E-state index contributed by atoms with van der Waals surface area (Å²) in [6, 6.07) is 7.17. The summed E-state index contributed by atoms with van der Waals surface area (Å²) in [6.45, 7) is 2.40. The molecular formula is C15H23NO4. The number of likely N-dealkylation sites (N-methyl/N-ethyl adjacent to an activating group) is 1. The molecule has 0 spiro atoms. The van der Waals surface area contributed by atoms with Gasteiger partial charge in [0.2, 0.25) is 0 Å². The van der Waals surface area contributed by atoms with Gasteiger partial charge in [-0.25, -0.2) is 0 Å². The van der Waals surface area contributed by atoms with Gasteiger partial charge in [0.1, 0.15) is 5.75 Å². The zero-order valence-electron chi connectivity index (χ0n) is 12.2. The summed E-state index contributed by atoms with van der Waals surface area (Å²) in [7, 11) is 3.43. The molecule has 0 saturated carbocycles. The summed E-state index contributed by atoms with van der Waals surface area (Å²) in [5.74, 6) is -0.0844. The van der Waals surface area contributed by atoms with Crippen LogP contribution < -0.4 is 4.74 Å². The van der Waals surface area contributed by atoms with E-state index in [2.05, 4.69) is 0 Å². The first kappa shape index (κ1) is 16.5. The average molecular weight is 281 g/mol. The molecule has 0 fully saturated rings. The van der Waals surface area contributed by atoms with Gasteiger partial charge >= 0.3 is 5.97 Å². The van der Waals surface area contributed by atoms with Crippen LogP contribution in [0.3, 0.4) is 0 Å². The SMILES string of the molecule is CCC(C(O)c1ccc(OC)cc1)N(C)CCC(=O)O. The van der Waals surface area contributed by atoms with E-state index in [0.29, 0.717) is 6.54 Å². The third kappa shape index (κ3) is 4.51. The van der Waals surface area contributed by atoms with E-state index < -0.39 is 12.1 Å². The molecular weight excluding hydrogens is 258 g/mol. The van der Waals surface area contributed by atoms with Crippen molar-refractivity contribution in [2.75, 3.05) is 20.7 Å². The van der Waals surface area contributed by atoms with Gasteiger partial charge in [0.25, 0.3) is 0 Å². The van der Waals surface area contributed by atoms with E-state index in [1.807, 2.05) is 43.1 Å². The monoisotopic (exact) mass is 281 g/mol. The number of ether oxygens (including phenoxy) is 1. The number of hydrogen-bond donors (Lipinski definition) is 2. The summed E-state index contributed by atoms with van der Waals surface area (Å²) < 4.78 is 5.09. The second-order valence-corrected chi connectivity index (χ2v) is 4.82. The van der Waals surface area contributed by atoms with Crippen LogP contribution in [0.2, 0.25) is 0 Å². The number of hydrogen-bond acceptors (Lipinski definition) is 4. The molecule has 0 saturated heterocycles. The Balaban J connectivity index is 2.73. The van der Waals surface area contributed by atoms with Gasteiger partial charge in [0.15, 0.2) is 0 Å². The van der Waals surface area contributed by atoms with Crippen LogP contribution in [0.15, 0.2) is 24.3 Å². The van der Waals surface area contributed by atoms with Crippen LogP contribution in [0, 0.1) is 0 Å². The Hall–Kier alpha value is -1.59. The molecule has 0 aliphatic heterocycles. The lowest BCUT2D eigenvalue weighted by molar-refractivity contribution is -0.137. The summed E-state index contributed by atoms with van der Waals surface area (Å²) in [5, 5.41) is 19.2. The highest BCUT2D eigenvalue weighted by Crippen LogP contribution is 2.24. The van der Waals surface area contributed by atoms with E-state index in [9.17, 15) is 9.90 Å². The third-order valence-electron chi connectivity index (χ3n) is 3.48.